The third-order valence-corrected chi connectivity index (χ3v) is 4.92. The number of hydrogen-bond acceptors (Lipinski definition) is 5. The van der Waals surface area contributed by atoms with E-state index in [4.69, 9.17) is 9.72 Å². The molecule has 0 radical (unpaired) electrons. The number of hydrogen-bond donors (Lipinski definition) is 1. The van der Waals surface area contributed by atoms with Crippen LogP contribution >= 0.6 is 0 Å². The minimum absolute atomic E-state index is 0.228. The largest absolute Gasteiger partial charge is 0.491 e. The minimum atomic E-state index is -0.506. The Bertz CT molecular complexity index is 1200. The molecule has 5 rings (SSSR count). The van der Waals surface area contributed by atoms with Gasteiger partial charge in [-0.15, -0.1) is 0 Å². The van der Waals surface area contributed by atoms with Gasteiger partial charge in [0.1, 0.15) is 23.9 Å². The molecule has 146 valence electrons. The van der Waals surface area contributed by atoms with Crippen LogP contribution in [0.25, 0.3) is 34.0 Å². The third-order valence-electron chi connectivity index (χ3n) is 4.92. The smallest absolute Gasteiger partial charge is 0.220 e. The Morgan fingerprint density at radius 3 is 2.86 bits per heavy atom. The molecule has 4 heterocycles. The summed E-state index contributed by atoms with van der Waals surface area (Å²) >= 11 is 0. The molecule has 3 aromatic heterocycles. The summed E-state index contributed by atoms with van der Waals surface area (Å²) in [5, 5.41) is 7.24. The van der Waals surface area contributed by atoms with E-state index in [1.165, 1.54) is 6.20 Å². The van der Waals surface area contributed by atoms with Gasteiger partial charge in [-0.2, -0.15) is 9.49 Å². The van der Waals surface area contributed by atoms with Crippen LogP contribution in [0, 0.1) is 5.95 Å². The van der Waals surface area contributed by atoms with Gasteiger partial charge in [-0.1, -0.05) is 19.9 Å². The van der Waals surface area contributed by atoms with Gasteiger partial charge in [-0.3, -0.25) is 5.10 Å². The molecule has 4 aromatic rings. The Balaban J connectivity index is 1.62. The van der Waals surface area contributed by atoms with E-state index in [0.717, 1.165) is 28.5 Å². The van der Waals surface area contributed by atoms with Crippen molar-refractivity contribution in [1.29, 1.82) is 0 Å². The third kappa shape index (κ3) is 3.06. The van der Waals surface area contributed by atoms with E-state index in [1.54, 1.807) is 12.1 Å². The summed E-state index contributed by atoms with van der Waals surface area (Å²) in [7, 11) is 0. The van der Waals surface area contributed by atoms with Gasteiger partial charge in [0.05, 0.1) is 12.1 Å². The number of nitrogens with zero attached hydrogens (tertiary/aromatic N) is 5. The molecule has 1 aliphatic rings. The fraction of sp³-hybridized carbons (Fsp3) is 0.238. The maximum Gasteiger partial charge on any atom is 0.220 e. The van der Waals surface area contributed by atoms with Crippen LogP contribution in [-0.2, 0) is 6.54 Å². The summed E-state index contributed by atoms with van der Waals surface area (Å²) < 4.78 is 22.1. The molecule has 0 saturated carbocycles. The molecule has 0 bridgehead atoms. The molecule has 1 aromatic carbocycles. The van der Waals surface area contributed by atoms with E-state index in [-0.39, 0.29) is 5.92 Å². The van der Waals surface area contributed by atoms with Crippen molar-refractivity contribution < 1.29 is 9.13 Å². The van der Waals surface area contributed by atoms with E-state index >= 15 is 0 Å². The number of halogens is 1. The molecule has 0 atom stereocenters. The zero-order valence-electron chi connectivity index (χ0n) is 16.1. The van der Waals surface area contributed by atoms with E-state index < -0.39 is 5.95 Å². The topological polar surface area (TPSA) is 81.5 Å². The highest BCUT2D eigenvalue weighted by molar-refractivity contribution is 5.76. The van der Waals surface area contributed by atoms with Crippen molar-refractivity contribution in [1.82, 2.24) is 29.7 Å². The second-order valence-electron chi connectivity index (χ2n) is 7.24. The predicted octanol–water partition coefficient (Wildman–Crippen LogP) is 4.05. The van der Waals surface area contributed by atoms with Crippen molar-refractivity contribution in [3.63, 3.8) is 0 Å². The Morgan fingerprint density at radius 1 is 1.17 bits per heavy atom. The lowest BCUT2D eigenvalue weighted by Crippen LogP contribution is -2.04. The predicted molar refractivity (Wildman–Crippen MR) is 106 cm³/mol. The molecular formula is C21H19FN6O. The number of fused-ring (bicyclic) bond motifs is 3. The van der Waals surface area contributed by atoms with Crippen LogP contribution in [0.3, 0.4) is 0 Å². The number of rotatable bonds is 3. The number of aromatic amines is 1. The van der Waals surface area contributed by atoms with Gasteiger partial charge in [0.15, 0.2) is 11.6 Å². The van der Waals surface area contributed by atoms with E-state index in [0.29, 0.717) is 30.2 Å². The summed E-state index contributed by atoms with van der Waals surface area (Å²) in [4.78, 5) is 13.1. The first kappa shape index (κ1) is 17.5. The average Bonchev–Trinajstić information content (AvgIpc) is 3.33. The summed E-state index contributed by atoms with van der Waals surface area (Å²) in [6, 6.07) is 9.01. The Morgan fingerprint density at radius 2 is 2.07 bits per heavy atom. The molecule has 1 aliphatic heterocycles. The molecule has 0 spiro atoms. The second-order valence-corrected chi connectivity index (χ2v) is 7.24. The molecule has 7 nitrogen and oxygen atoms in total. The summed E-state index contributed by atoms with van der Waals surface area (Å²) in [6.45, 7) is 5.26. The Labute approximate surface area is 166 Å². The number of ether oxygens (including phenoxy) is 1. The number of pyridine rings is 1. The highest BCUT2D eigenvalue weighted by atomic mass is 19.1. The number of nitrogens with one attached hydrogen (secondary N) is 1. The lowest BCUT2D eigenvalue weighted by molar-refractivity contribution is 0.306. The zero-order valence-corrected chi connectivity index (χ0v) is 16.1. The summed E-state index contributed by atoms with van der Waals surface area (Å²) in [5.41, 5.74) is 2.68. The molecule has 0 unspecified atom stereocenters. The SMILES string of the molecule is CC(C)c1n[nH]c(-c2cn3c(n2)-c2cc(-c4cccnc4F)ccc2OCC3)n1. The van der Waals surface area contributed by atoms with Crippen molar-refractivity contribution in [2.24, 2.45) is 0 Å². The van der Waals surface area contributed by atoms with Crippen LogP contribution in [-0.4, -0.2) is 36.3 Å². The molecule has 0 fully saturated rings. The molecule has 29 heavy (non-hydrogen) atoms. The number of aromatic nitrogens is 6. The van der Waals surface area contributed by atoms with Crippen LogP contribution in [0.4, 0.5) is 4.39 Å². The fourth-order valence-electron chi connectivity index (χ4n) is 3.42. The number of imidazole rings is 1. The molecule has 0 amide bonds. The van der Waals surface area contributed by atoms with Crippen molar-refractivity contribution in [2.75, 3.05) is 6.61 Å². The quantitative estimate of drug-likeness (QED) is 0.534. The van der Waals surface area contributed by atoms with Gasteiger partial charge in [0.2, 0.25) is 5.95 Å². The first-order valence-electron chi connectivity index (χ1n) is 9.48. The second kappa shape index (κ2) is 6.80. The van der Waals surface area contributed by atoms with E-state index in [1.807, 2.05) is 42.8 Å². The first-order chi connectivity index (χ1) is 14.1. The highest BCUT2D eigenvalue weighted by Crippen LogP contribution is 2.37. The standard InChI is InChI=1S/C21H19FN6O/c1-12(2)19-25-20(27-26-19)16-11-28-8-9-29-17-6-5-13(10-15(17)21(28)24-16)14-4-3-7-23-18(14)22/h3-7,10-12H,8-9H2,1-2H3,(H,25,26,27). The molecule has 8 heteroatoms. The fourth-order valence-corrected chi connectivity index (χ4v) is 3.42. The zero-order chi connectivity index (χ0) is 20.0. The molecular weight excluding hydrogens is 371 g/mol. The lowest BCUT2D eigenvalue weighted by Gasteiger charge is -2.09. The van der Waals surface area contributed by atoms with Crippen LogP contribution in [0.1, 0.15) is 25.6 Å². The molecule has 0 aliphatic carbocycles. The van der Waals surface area contributed by atoms with Crippen LogP contribution in [0.15, 0.2) is 42.7 Å². The van der Waals surface area contributed by atoms with E-state index in [2.05, 4.69) is 20.2 Å². The van der Waals surface area contributed by atoms with Crippen molar-refractivity contribution in [3.8, 4) is 39.8 Å². The van der Waals surface area contributed by atoms with Crippen LogP contribution in [0.2, 0.25) is 0 Å². The monoisotopic (exact) mass is 390 g/mol. The van der Waals surface area contributed by atoms with Gasteiger partial charge in [0.25, 0.3) is 0 Å². The van der Waals surface area contributed by atoms with Crippen molar-refractivity contribution >= 4 is 0 Å². The number of H-pyrrole nitrogens is 1. The Kier molecular flexibility index (Phi) is 4.12. The normalized spacial score (nSPS) is 13.0. The van der Waals surface area contributed by atoms with E-state index in [9.17, 15) is 4.39 Å². The van der Waals surface area contributed by atoms with Gasteiger partial charge in [-0.05, 0) is 29.8 Å². The van der Waals surface area contributed by atoms with Crippen LogP contribution < -0.4 is 4.74 Å². The Hall–Kier alpha value is -3.55. The van der Waals surface area contributed by atoms with Crippen molar-refractivity contribution in [3.05, 3.63) is 54.5 Å². The highest BCUT2D eigenvalue weighted by Gasteiger charge is 2.22. The summed E-state index contributed by atoms with van der Waals surface area (Å²) in [5.74, 6) is 2.57. The number of benzene rings is 1. The van der Waals surface area contributed by atoms with Gasteiger partial charge < -0.3 is 9.30 Å². The molecule has 0 saturated heterocycles. The maximum absolute atomic E-state index is 14.2. The maximum atomic E-state index is 14.2. The average molecular weight is 390 g/mol. The molecule has 1 N–H and O–H groups in total. The van der Waals surface area contributed by atoms with Gasteiger partial charge in [0, 0.05) is 23.9 Å². The van der Waals surface area contributed by atoms with Gasteiger partial charge in [-0.25, -0.2) is 15.0 Å². The van der Waals surface area contributed by atoms with Crippen LogP contribution in [0.5, 0.6) is 5.75 Å². The first-order valence-corrected chi connectivity index (χ1v) is 9.48. The minimum Gasteiger partial charge on any atom is -0.491 e. The van der Waals surface area contributed by atoms with Crippen molar-refractivity contribution in [2.45, 2.75) is 26.3 Å². The lowest BCUT2D eigenvalue weighted by atomic mass is 10.0. The summed E-state index contributed by atoms with van der Waals surface area (Å²) in [6.07, 6.45) is 3.38. The van der Waals surface area contributed by atoms with Gasteiger partial charge >= 0.3 is 0 Å².